The molecule has 0 aromatic heterocycles. The molecule has 20 heavy (non-hydrogen) atoms. The van der Waals surface area contributed by atoms with E-state index in [1.54, 1.807) is 0 Å². The SMILES string of the molecule is O=C1CNC(=O)[C@H](CS)NC(=O)[C@H](CS)NC(=O)CN1. The average Bonchev–Trinajstić information content (AvgIpc) is 2.44. The topological polar surface area (TPSA) is 116 Å². The first kappa shape index (κ1) is 16.6. The molecular formula is C10H16N4O4S2. The molecule has 1 aliphatic heterocycles. The lowest BCUT2D eigenvalue weighted by atomic mass is 10.2. The van der Waals surface area contributed by atoms with Gasteiger partial charge in [-0.05, 0) is 0 Å². The molecule has 0 saturated carbocycles. The Morgan fingerprint density at radius 3 is 1.95 bits per heavy atom. The molecule has 1 aliphatic rings. The molecule has 112 valence electrons. The first-order valence-electron chi connectivity index (χ1n) is 5.83. The third-order valence-electron chi connectivity index (χ3n) is 2.52. The number of amides is 4. The first-order chi connectivity index (χ1) is 9.47. The highest BCUT2D eigenvalue weighted by Crippen LogP contribution is 1.95. The van der Waals surface area contributed by atoms with Crippen molar-refractivity contribution in [3.05, 3.63) is 0 Å². The molecule has 1 heterocycles. The zero-order chi connectivity index (χ0) is 15.1. The van der Waals surface area contributed by atoms with Gasteiger partial charge in [0.2, 0.25) is 23.6 Å². The smallest absolute Gasteiger partial charge is 0.244 e. The van der Waals surface area contributed by atoms with Crippen molar-refractivity contribution < 1.29 is 19.2 Å². The Morgan fingerprint density at radius 1 is 0.800 bits per heavy atom. The van der Waals surface area contributed by atoms with Crippen LogP contribution in [0.2, 0.25) is 0 Å². The fourth-order valence-corrected chi connectivity index (χ4v) is 1.95. The van der Waals surface area contributed by atoms with E-state index >= 15 is 0 Å². The van der Waals surface area contributed by atoms with Gasteiger partial charge < -0.3 is 21.3 Å². The second-order valence-corrected chi connectivity index (χ2v) is 4.77. The quantitative estimate of drug-likeness (QED) is 0.305. The molecule has 0 aromatic carbocycles. The lowest BCUT2D eigenvalue weighted by molar-refractivity contribution is -0.133. The van der Waals surface area contributed by atoms with Gasteiger partial charge in [-0.1, -0.05) is 0 Å². The Morgan fingerprint density at radius 2 is 1.35 bits per heavy atom. The summed E-state index contributed by atoms with van der Waals surface area (Å²) in [6, 6.07) is -1.78. The Balaban J connectivity index is 2.85. The Labute approximate surface area is 126 Å². The molecule has 2 atom stereocenters. The van der Waals surface area contributed by atoms with E-state index in [1.165, 1.54) is 0 Å². The fourth-order valence-electron chi connectivity index (χ4n) is 1.44. The average molecular weight is 320 g/mol. The Kier molecular flexibility index (Phi) is 6.65. The van der Waals surface area contributed by atoms with Crippen LogP contribution in [-0.2, 0) is 19.2 Å². The number of hydrogen-bond acceptors (Lipinski definition) is 6. The van der Waals surface area contributed by atoms with Crippen molar-refractivity contribution in [3.8, 4) is 0 Å². The van der Waals surface area contributed by atoms with E-state index < -0.39 is 35.7 Å². The summed E-state index contributed by atoms with van der Waals surface area (Å²) >= 11 is 7.95. The normalized spacial score (nSPS) is 25.5. The van der Waals surface area contributed by atoms with Crippen molar-refractivity contribution in [1.29, 1.82) is 0 Å². The van der Waals surface area contributed by atoms with Crippen LogP contribution in [0.3, 0.4) is 0 Å². The summed E-state index contributed by atoms with van der Waals surface area (Å²) in [5.74, 6) is -1.94. The van der Waals surface area contributed by atoms with Crippen LogP contribution in [0.5, 0.6) is 0 Å². The van der Waals surface area contributed by atoms with Gasteiger partial charge in [-0.2, -0.15) is 25.3 Å². The molecule has 8 nitrogen and oxygen atoms in total. The van der Waals surface area contributed by atoms with Gasteiger partial charge in [-0.15, -0.1) is 0 Å². The van der Waals surface area contributed by atoms with E-state index in [1.807, 2.05) is 0 Å². The molecule has 1 saturated heterocycles. The molecule has 0 bridgehead atoms. The lowest BCUT2D eigenvalue weighted by Crippen LogP contribution is -2.57. The summed E-state index contributed by atoms with van der Waals surface area (Å²) in [7, 11) is 0. The molecule has 0 radical (unpaired) electrons. The van der Waals surface area contributed by atoms with Gasteiger partial charge in [0.15, 0.2) is 0 Å². The highest BCUT2D eigenvalue weighted by molar-refractivity contribution is 7.80. The second-order valence-electron chi connectivity index (χ2n) is 4.04. The van der Waals surface area contributed by atoms with Crippen molar-refractivity contribution >= 4 is 48.9 Å². The Hall–Kier alpha value is -1.42. The van der Waals surface area contributed by atoms with Crippen LogP contribution in [-0.4, -0.2) is 60.3 Å². The molecule has 10 heteroatoms. The molecular weight excluding hydrogens is 304 g/mol. The summed E-state index contributed by atoms with van der Waals surface area (Å²) in [4.78, 5) is 46.6. The summed E-state index contributed by atoms with van der Waals surface area (Å²) in [5, 5.41) is 9.54. The minimum absolute atomic E-state index is 0.0619. The molecule has 0 aromatic rings. The summed E-state index contributed by atoms with van der Waals surface area (Å²) in [5.41, 5.74) is 0. The maximum Gasteiger partial charge on any atom is 0.244 e. The van der Waals surface area contributed by atoms with Crippen LogP contribution in [0.1, 0.15) is 0 Å². The van der Waals surface area contributed by atoms with Gasteiger partial charge in [0.05, 0.1) is 13.1 Å². The maximum absolute atomic E-state index is 11.9. The van der Waals surface area contributed by atoms with Crippen LogP contribution >= 0.6 is 25.3 Å². The molecule has 4 N–H and O–H groups in total. The standard InChI is InChI=1S/C10H16N4O4S2/c15-7-1-12-9(17)5(3-19)14-10(18)6(4-20)13-8(16)2-11-7/h5-6,19-20H,1-4H2,(H,11,15)(H,12,17)(H,13,16)(H,14,18)/t5-,6-/m0/s1. The predicted molar refractivity (Wildman–Crippen MR) is 77.6 cm³/mol. The van der Waals surface area contributed by atoms with Crippen molar-refractivity contribution in [3.63, 3.8) is 0 Å². The molecule has 0 unspecified atom stereocenters. The van der Waals surface area contributed by atoms with Crippen LogP contribution in [0, 0.1) is 0 Å². The first-order valence-corrected chi connectivity index (χ1v) is 7.10. The fraction of sp³-hybridized carbons (Fsp3) is 0.600. The second kappa shape index (κ2) is 8.00. The number of hydrogen-bond donors (Lipinski definition) is 6. The molecule has 0 aliphatic carbocycles. The van der Waals surface area contributed by atoms with Crippen LogP contribution in [0.15, 0.2) is 0 Å². The molecule has 0 spiro atoms. The largest absolute Gasteiger partial charge is 0.346 e. The number of thiol groups is 2. The zero-order valence-electron chi connectivity index (χ0n) is 10.5. The monoisotopic (exact) mass is 320 g/mol. The van der Waals surface area contributed by atoms with Gasteiger partial charge >= 0.3 is 0 Å². The van der Waals surface area contributed by atoms with E-state index in [0.717, 1.165) is 0 Å². The number of nitrogens with one attached hydrogen (secondary N) is 4. The van der Waals surface area contributed by atoms with E-state index in [9.17, 15) is 19.2 Å². The van der Waals surface area contributed by atoms with Crippen LogP contribution in [0.4, 0.5) is 0 Å². The van der Waals surface area contributed by atoms with Gasteiger partial charge in [0.1, 0.15) is 12.1 Å². The number of rotatable bonds is 2. The summed E-state index contributed by atoms with van der Waals surface area (Å²) in [6.07, 6.45) is 0. The van der Waals surface area contributed by atoms with Gasteiger partial charge in [0, 0.05) is 11.5 Å². The van der Waals surface area contributed by atoms with E-state index in [4.69, 9.17) is 0 Å². The minimum Gasteiger partial charge on any atom is -0.346 e. The van der Waals surface area contributed by atoms with Gasteiger partial charge in [0.25, 0.3) is 0 Å². The van der Waals surface area contributed by atoms with Gasteiger partial charge in [-0.3, -0.25) is 19.2 Å². The van der Waals surface area contributed by atoms with E-state index in [0.29, 0.717) is 0 Å². The minimum atomic E-state index is -0.891. The maximum atomic E-state index is 11.9. The highest BCUT2D eigenvalue weighted by Gasteiger charge is 2.26. The third-order valence-corrected chi connectivity index (χ3v) is 3.25. The van der Waals surface area contributed by atoms with Crippen molar-refractivity contribution in [2.45, 2.75) is 12.1 Å². The number of carbonyl (C=O) groups is 4. The predicted octanol–water partition coefficient (Wildman–Crippen LogP) is -2.94. The van der Waals surface area contributed by atoms with Crippen LogP contribution < -0.4 is 21.3 Å². The van der Waals surface area contributed by atoms with Gasteiger partial charge in [-0.25, -0.2) is 0 Å². The number of carbonyl (C=O) groups excluding carboxylic acids is 4. The third kappa shape index (κ3) is 4.93. The highest BCUT2D eigenvalue weighted by atomic mass is 32.1. The van der Waals surface area contributed by atoms with Crippen molar-refractivity contribution in [2.75, 3.05) is 24.6 Å². The van der Waals surface area contributed by atoms with E-state index in [2.05, 4.69) is 46.5 Å². The zero-order valence-corrected chi connectivity index (χ0v) is 12.3. The summed E-state index contributed by atoms with van der Waals surface area (Å²) < 4.78 is 0. The van der Waals surface area contributed by atoms with Crippen LogP contribution in [0.25, 0.3) is 0 Å². The van der Waals surface area contributed by atoms with E-state index in [-0.39, 0.29) is 24.6 Å². The van der Waals surface area contributed by atoms with Crippen molar-refractivity contribution in [1.82, 2.24) is 21.3 Å². The Bertz CT molecular complexity index is 416. The van der Waals surface area contributed by atoms with Crippen molar-refractivity contribution in [2.24, 2.45) is 0 Å². The lowest BCUT2D eigenvalue weighted by Gasteiger charge is -2.22. The summed E-state index contributed by atoms with van der Waals surface area (Å²) in [6.45, 7) is -0.551. The molecule has 1 rings (SSSR count). The molecule has 1 fully saturated rings. The molecule has 4 amide bonds.